The van der Waals surface area contributed by atoms with Crippen molar-refractivity contribution in [3.05, 3.63) is 99.9 Å². The van der Waals surface area contributed by atoms with E-state index in [2.05, 4.69) is 41.9 Å². The minimum Gasteiger partial charge on any atom is -0.449 e. The molecule has 1 saturated heterocycles. The van der Waals surface area contributed by atoms with Crippen LogP contribution in [-0.4, -0.2) is 178 Å². The van der Waals surface area contributed by atoms with Crippen molar-refractivity contribution in [1.29, 1.82) is 0 Å². The van der Waals surface area contributed by atoms with Crippen LogP contribution >= 0.6 is 0 Å². The summed E-state index contributed by atoms with van der Waals surface area (Å²) < 4.78 is 17.9. The number of hydrogen-bond acceptors (Lipinski definition) is 13. The minimum atomic E-state index is -1.11. The van der Waals surface area contributed by atoms with Crippen LogP contribution in [0.5, 0.6) is 0 Å². The summed E-state index contributed by atoms with van der Waals surface area (Å²) in [5.41, 5.74) is 20.0. The average molecular weight is 1250 g/mol. The summed E-state index contributed by atoms with van der Waals surface area (Å²) in [5.74, 6) is -4.03. The van der Waals surface area contributed by atoms with E-state index in [0.29, 0.717) is 31.5 Å². The quantitative estimate of drug-likeness (QED) is 0.0136. The highest BCUT2D eigenvalue weighted by atomic mass is 16.5. The topological polar surface area (TPSA) is 321 Å². The van der Waals surface area contributed by atoms with Crippen LogP contribution in [0, 0.1) is 29.6 Å². The van der Waals surface area contributed by atoms with E-state index < -0.39 is 90.3 Å². The largest absolute Gasteiger partial charge is 0.449 e. The van der Waals surface area contributed by atoms with Gasteiger partial charge in [0.2, 0.25) is 35.4 Å². The SMILES string of the molecule is CC[C@H](C)[C@@H]([C@@H](CC(=O)N1CCC[C@H]1[C@H](OC)[C@@H](C)C(=O)N[C@H](CN=[N+]=[N-])Cc1ccc(NC(=O)[C@H](CCCNC(N)=O)NC(=O)[C@@H](NC(=O)OCC2c3ccccc3-c3ccccc32)C(C)C)cc1)OC)N(C)C(=O)[C@@H](NC(=O)[C@H](C(C)C)N(C)C)C(C)C. The number of amides is 9. The highest BCUT2D eigenvalue weighted by Crippen LogP contribution is 2.44. The summed E-state index contributed by atoms with van der Waals surface area (Å²) in [4.78, 5) is 118. The molecule has 2 aliphatic rings. The molecule has 5 rings (SSSR count). The fraction of sp³-hybridized carbons (Fsp3) is 0.606. The molecule has 24 nitrogen and oxygen atoms in total. The Morgan fingerprint density at radius 2 is 1.38 bits per heavy atom. The Balaban J connectivity index is 1.22. The van der Waals surface area contributed by atoms with Crippen LogP contribution in [0.15, 0.2) is 77.9 Å². The maximum atomic E-state index is 14.6. The summed E-state index contributed by atoms with van der Waals surface area (Å²) >= 11 is 0. The van der Waals surface area contributed by atoms with Gasteiger partial charge in [0.15, 0.2) is 0 Å². The van der Waals surface area contributed by atoms with E-state index in [1.54, 1.807) is 61.9 Å². The molecule has 90 heavy (non-hydrogen) atoms. The highest BCUT2D eigenvalue weighted by Gasteiger charge is 2.44. The molecule has 0 bridgehead atoms. The van der Waals surface area contributed by atoms with Gasteiger partial charge in [0.25, 0.3) is 0 Å². The lowest BCUT2D eigenvalue weighted by molar-refractivity contribution is -0.148. The van der Waals surface area contributed by atoms with Gasteiger partial charge in [0, 0.05) is 63.5 Å². The highest BCUT2D eigenvalue weighted by molar-refractivity contribution is 5.98. The molecule has 1 aliphatic heterocycles. The van der Waals surface area contributed by atoms with Crippen molar-refractivity contribution in [2.45, 2.75) is 168 Å². The van der Waals surface area contributed by atoms with Crippen molar-refractivity contribution in [3.63, 3.8) is 0 Å². The normalized spacial score (nSPS) is 17.0. The average Bonchev–Trinajstić information content (AvgIpc) is 2.02. The zero-order chi connectivity index (χ0) is 66.5. The third-order valence-electron chi connectivity index (χ3n) is 17.5. The summed E-state index contributed by atoms with van der Waals surface area (Å²) in [7, 11) is 8.41. The number of benzene rings is 3. The first-order valence-corrected chi connectivity index (χ1v) is 31.5. The number of primary amides is 1. The van der Waals surface area contributed by atoms with Crippen molar-refractivity contribution < 1.29 is 52.6 Å². The second-order valence-electron chi connectivity index (χ2n) is 25.2. The Morgan fingerprint density at radius 1 is 0.756 bits per heavy atom. The predicted octanol–water partition coefficient (Wildman–Crippen LogP) is 7.11. The predicted molar refractivity (Wildman–Crippen MR) is 346 cm³/mol. The van der Waals surface area contributed by atoms with Gasteiger partial charge in [0.05, 0.1) is 42.7 Å². The Kier molecular flexibility index (Phi) is 28.4. The second kappa shape index (κ2) is 35.0. The molecule has 0 radical (unpaired) electrons. The van der Waals surface area contributed by atoms with E-state index in [-0.39, 0.29) is 92.7 Å². The number of methoxy groups -OCH3 is 2. The molecule has 8 N–H and O–H groups in total. The molecule has 0 unspecified atom stereocenters. The van der Waals surface area contributed by atoms with Crippen LogP contribution in [0.25, 0.3) is 21.6 Å². The van der Waals surface area contributed by atoms with E-state index in [9.17, 15) is 43.9 Å². The zero-order valence-electron chi connectivity index (χ0n) is 55.1. The fourth-order valence-electron chi connectivity index (χ4n) is 12.6. The lowest BCUT2D eigenvalue weighted by atomic mass is 9.89. The molecule has 24 heteroatoms. The summed E-state index contributed by atoms with van der Waals surface area (Å²) in [5, 5.41) is 20.7. The molecular weight excluding hydrogens is 1150 g/mol. The van der Waals surface area contributed by atoms with Crippen molar-refractivity contribution in [2.75, 3.05) is 66.9 Å². The van der Waals surface area contributed by atoms with Crippen LogP contribution in [-0.2, 0) is 49.4 Å². The number of nitrogens with zero attached hydrogens (tertiary/aromatic N) is 6. The second-order valence-corrected chi connectivity index (χ2v) is 25.2. The van der Waals surface area contributed by atoms with Gasteiger partial charge >= 0.3 is 12.1 Å². The lowest BCUT2D eigenvalue weighted by Crippen LogP contribution is -2.59. The molecule has 3 aromatic carbocycles. The number of likely N-dealkylation sites (tertiary alicyclic amines) is 1. The van der Waals surface area contributed by atoms with Gasteiger partial charge in [0.1, 0.15) is 24.7 Å². The van der Waals surface area contributed by atoms with Gasteiger partial charge < -0.3 is 61.6 Å². The molecule has 11 atom stereocenters. The van der Waals surface area contributed by atoms with Crippen LogP contribution < -0.4 is 37.6 Å². The summed E-state index contributed by atoms with van der Waals surface area (Å²) in [6, 6.07) is 16.8. The standard InChI is InChI=1S/C66H99N13O11/c1-15-41(8)58(78(12)64(85)56(39(4)5)74-63(84)57(40(6)7)77(10)11)53(88-13)35-54(80)79-33-21-27-52(79)59(89-14)42(9)60(81)72-45(36-70-76-68)34-43-28-30-44(31-29-43)71-61(82)51(26-20-32-69-65(67)86)73-62(83)55(38(2)3)75-66(87)90-37-50-48-24-18-16-22-46(48)47-23-17-19-25-49(47)50/h16-19,22-25,28-31,38-42,45,50-53,55-59H,15,20-21,26-27,32-37H2,1-14H3,(H,71,82)(H,72,81)(H,73,83)(H,74,84)(H,75,87)(H3,67,69,86)/t41-,42+,45-,51-,52-,53+,55-,56-,57-,58-,59+/m0/s1. The maximum absolute atomic E-state index is 14.6. The van der Waals surface area contributed by atoms with Crippen LogP contribution in [0.2, 0.25) is 0 Å². The van der Waals surface area contributed by atoms with Gasteiger partial charge in [-0.15, -0.1) is 0 Å². The summed E-state index contributed by atoms with van der Waals surface area (Å²) in [6.45, 7) is 17.5. The van der Waals surface area contributed by atoms with Gasteiger partial charge in [-0.25, -0.2) is 9.59 Å². The van der Waals surface area contributed by atoms with E-state index in [0.717, 1.165) is 27.8 Å². The fourth-order valence-corrected chi connectivity index (χ4v) is 12.6. The molecule has 9 amide bonds. The number of nitrogens with two attached hydrogens (primary N) is 1. The van der Waals surface area contributed by atoms with E-state index in [1.165, 1.54) is 14.2 Å². The molecule has 1 fully saturated rings. The van der Waals surface area contributed by atoms with Gasteiger partial charge in [-0.1, -0.05) is 135 Å². The van der Waals surface area contributed by atoms with Crippen molar-refractivity contribution in [3.8, 4) is 11.1 Å². The lowest BCUT2D eigenvalue weighted by Gasteiger charge is -2.41. The molecular formula is C66H99N13O11. The molecule has 0 aromatic heterocycles. The smallest absolute Gasteiger partial charge is 0.407 e. The summed E-state index contributed by atoms with van der Waals surface area (Å²) in [6.07, 6.45) is 0.202. The first kappa shape index (κ1) is 73.0. The van der Waals surface area contributed by atoms with Crippen molar-refractivity contribution >= 4 is 53.3 Å². The number of fused-ring (bicyclic) bond motifs is 3. The van der Waals surface area contributed by atoms with Crippen LogP contribution in [0.3, 0.4) is 0 Å². The number of likely N-dealkylation sites (N-methyl/N-ethyl adjacent to an activating group) is 2. The first-order valence-electron chi connectivity index (χ1n) is 31.5. The first-order chi connectivity index (χ1) is 42.8. The van der Waals surface area contributed by atoms with E-state index >= 15 is 0 Å². The maximum Gasteiger partial charge on any atom is 0.407 e. The molecule has 3 aromatic rings. The zero-order valence-corrected chi connectivity index (χ0v) is 55.1. The number of carbonyl (C=O) groups excluding carboxylic acids is 8. The number of azide groups is 1. The number of ether oxygens (including phenoxy) is 3. The van der Waals surface area contributed by atoms with Crippen LogP contribution in [0.1, 0.15) is 123 Å². The van der Waals surface area contributed by atoms with E-state index in [1.807, 2.05) is 109 Å². The Morgan fingerprint density at radius 3 is 1.92 bits per heavy atom. The minimum absolute atomic E-state index is 0.00123. The van der Waals surface area contributed by atoms with Gasteiger partial charge in [-0.05, 0) is 115 Å². The molecule has 494 valence electrons. The number of hydrogen-bond donors (Lipinski definition) is 7. The number of urea groups is 1. The molecule has 0 spiro atoms. The number of anilines is 1. The van der Waals surface area contributed by atoms with Gasteiger partial charge in [-0.3, -0.25) is 33.7 Å². The number of rotatable bonds is 34. The Labute approximate surface area is 531 Å². The molecule has 0 saturated carbocycles. The van der Waals surface area contributed by atoms with E-state index in [4.69, 9.17) is 19.9 Å². The third-order valence-corrected chi connectivity index (χ3v) is 17.5. The monoisotopic (exact) mass is 1250 g/mol. The number of alkyl carbamates (subject to hydrolysis) is 1. The van der Waals surface area contributed by atoms with Crippen LogP contribution in [0.4, 0.5) is 15.3 Å². The molecule has 1 aliphatic carbocycles. The Bertz CT molecular complexity index is 2900. The third kappa shape index (κ3) is 19.6. The van der Waals surface area contributed by atoms with Gasteiger partial charge in [-0.2, -0.15) is 0 Å². The Hall–Kier alpha value is -7.79. The van der Waals surface area contributed by atoms with Crippen molar-refractivity contribution in [2.24, 2.45) is 40.4 Å². The number of nitrogens with one attached hydrogen (secondary N) is 6. The van der Waals surface area contributed by atoms with Crippen molar-refractivity contribution in [1.82, 2.24) is 41.3 Å². The number of carbonyl (C=O) groups is 8. The molecule has 1 heterocycles.